The molecule has 0 aromatic carbocycles. The molecule has 0 saturated heterocycles. The van der Waals surface area contributed by atoms with Crippen molar-refractivity contribution in [2.45, 2.75) is 13.3 Å². The first kappa shape index (κ1) is 11.6. The minimum atomic E-state index is 0.500. The molecular formula is C9H13N7S. The summed E-state index contributed by atoms with van der Waals surface area (Å²) in [4.78, 5) is 6.69. The highest BCUT2D eigenvalue weighted by Crippen LogP contribution is 2.12. The van der Waals surface area contributed by atoms with Crippen LogP contribution in [0.1, 0.15) is 13.3 Å². The van der Waals surface area contributed by atoms with Gasteiger partial charge in [0.05, 0.1) is 17.4 Å². The quantitative estimate of drug-likeness (QED) is 0.750. The van der Waals surface area contributed by atoms with Crippen LogP contribution in [0.25, 0.3) is 5.65 Å². The Morgan fingerprint density at radius 2 is 2.35 bits per heavy atom. The molecule has 0 unspecified atom stereocenters. The Balaban J connectivity index is 2.29. The molecule has 0 aliphatic carbocycles. The normalized spacial score (nSPS) is 10.6. The highest BCUT2D eigenvalue weighted by atomic mass is 32.1. The molecule has 17 heavy (non-hydrogen) atoms. The highest BCUT2D eigenvalue weighted by Gasteiger charge is 2.11. The van der Waals surface area contributed by atoms with E-state index in [1.165, 1.54) is 0 Å². The van der Waals surface area contributed by atoms with Gasteiger partial charge in [0.1, 0.15) is 0 Å². The predicted octanol–water partition coefficient (Wildman–Crippen LogP) is 0.0218. The molecule has 0 aliphatic rings. The number of nitrogens with zero attached hydrogens (tertiary/aromatic N) is 6. The van der Waals surface area contributed by atoms with Crippen molar-refractivity contribution < 1.29 is 0 Å². The van der Waals surface area contributed by atoms with Crippen molar-refractivity contribution >= 4 is 28.7 Å². The van der Waals surface area contributed by atoms with Crippen LogP contribution in [-0.2, 0) is 0 Å². The summed E-state index contributed by atoms with van der Waals surface area (Å²) in [7, 11) is 0. The minimum absolute atomic E-state index is 0.500. The van der Waals surface area contributed by atoms with Crippen molar-refractivity contribution in [1.29, 1.82) is 0 Å². The summed E-state index contributed by atoms with van der Waals surface area (Å²) in [6.45, 7) is 3.58. The van der Waals surface area contributed by atoms with Crippen molar-refractivity contribution in [1.82, 2.24) is 25.0 Å². The Bertz CT molecular complexity index is 523. The maximum Gasteiger partial charge on any atom is 0.199 e. The highest BCUT2D eigenvalue weighted by molar-refractivity contribution is 7.80. The summed E-state index contributed by atoms with van der Waals surface area (Å²) < 4.78 is 1.65. The number of fused-ring (bicyclic) bond motifs is 1. The van der Waals surface area contributed by atoms with E-state index < -0.39 is 0 Å². The van der Waals surface area contributed by atoms with Crippen LogP contribution in [0.2, 0.25) is 0 Å². The predicted molar refractivity (Wildman–Crippen MR) is 67.9 cm³/mol. The van der Waals surface area contributed by atoms with Crippen molar-refractivity contribution in [3.8, 4) is 0 Å². The maximum absolute atomic E-state index is 5.51. The lowest BCUT2D eigenvalue weighted by Crippen LogP contribution is -2.29. The summed E-state index contributed by atoms with van der Waals surface area (Å²) in [6, 6.07) is 0. The Morgan fingerprint density at radius 3 is 3.06 bits per heavy atom. The summed E-state index contributed by atoms with van der Waals surface area (Å²) in [5.74, 6) is 0.839. The second kappa shape index (κ2) is 5.00. The molecule has 0 radical (unpaired) electrons. The van der Waals surface area contributed by atoms with Crippen LogP contribution >= 0.6 is 12.2 Å². The average Bonchev–Trinajstić information content (AvgIpc) is 2.78. The number of nitrogens with two attached hydrogens (primary N) is 1. The SMILES string of the molecule is CCN(CCC(N)=S)c1cncc2nnnn12. The van der Waals surface area contributed by atoms with Crippen LogP contribution < -0.4 is 10.6 Å². The summed E-state index contributed by atoms with van der Waals surface area (Å²) in [5.41, 5.74) is 6.13. The number of hydrogen-bond acceptors (Lipinski definition) is 6. The molecule has 0 aliphatic heterocycles. The lowest BCUT2D eigenvalue weighted by molar-refractivity contribution is 0.755. The van der Waals surface area contributed by atoms with Gasteiger partial charge in [-0.25, -0.2) is 0 Å². The van der Waals surface area contributed by atoms with Gasteiger partial charge < -0.3 is 10.6 Å². The van der Waals surface area contributed by atoms with Gasteiger partial charge in [-0.05, 0) is 17.4 Å². The van der Waals surface area contributed by atoms with E-state index in [0.717, 1.165) is 18.9 Å². The number of hydrogen-bond donors (Lipinski definition) is 1. The van der Waals surface area contributed by atoms with Crippen molar-refractivity contribution in [2.75, 3.05) is 18.0 Å². The molecule has 0 bridgehead atoms. The molecule has 0 amide bonds. The Labute approximate surface area is 104 Å². The van der Waals surface area contributed by atoms with Gasteiger partial charge in [0.25, 0.3) is 0 Å². The molecular weight excluding hydrogens is 238 g/mol. The number of tetrazole rings is 1. The Hall–Kier alpha value is -1.83. The topological polar surface area (TPSA) is 85.2 Å². The van der Waals surface area contributed by atoms with Gasteiger partial charge in [0, 0.05) is 19.5 Å². The van der Waals surface area contributed by atoms with Crippen LogP contribution in [0.15, 0.2) is 12.4 Å². The first-order valence-corrected chi connectivity index (χ1v) is 5.68. The van der Waals surface area contributed by atoms with Crippen molar-refractivity contribution in [2.24, 2.45) is 5.73 Å². The van der Waals surface area contributed by atoms with E-state index in [-0.39, 0.29) is 0 Å². The lowest BCUT2D eigenvalue weighted by atomic mass is 10.3. The summed E-state index contributed by atoms with van der Waals surface area (Å²) >= 11 is 4.88. The van der Waals surface area contributed by atoms with E-state index in [1.54, 1.807) is 16.9 Å². The fraction of sp³-hybridized carbons (Fsp3) is 0.444. The fourth-order valence-electron chi connectivity index (χ4n) is 1.56. The first-order valence-electron chi connectivity index (χ1n) is 5.27. The van der Waals surface area contributed by atoms with E-state index in [4.69, 9.17) is 18.0 Å². The smallest absolute Gasteiger partial charge is 0.199 e. The molecule has 2 rings (SSSR count). The van der Waals surface area contributed by atoms with Crippen LogP contribution in [0.3, 0.4) is 0 Å². The number of thiocarbonyl (C=S) groups is 1. The van der Waals surface area contributed by atoms with Gasteiger partial charge in [-0.2, -0.15) is 4.52 Å². The second-order valence-electron chi connectivity index (χ2n) is 3.51. The number of aromatic nitrogens is 5. The monoisotopic (exact) mass is 251 g/mol. The zero-order valence-electron chi connectivity index (χ0n) is 9.44. The van der Waals surface area contributed by atoms with Gasteiger partial charge in [-0.3, -0.25) is 4.98 Å². The average molecular weight is 251 g/mol. The lowest BCUT2D eigenvalue weighted by Gasteiger charge is -2.22. The van der Waals surface area contributed by atoms with Gasteiger partial charge in [0.2, 0.25) is 0 Å². The molecule has 90 valence electrons. The molecule has 7 nitrogen and oxygen atoms in total. The third-order valence-corrected chi connectivity index (χ3v) is 2.63. The third kappa shape index (κ3) is 2.47. The molecule has 2 aromatic heterocycles. The molecule has 0 spiro atoms. The van der Waals surface area contributed by atoms with Crippen LogP contribution in [0.4, 0.5) is 5.82 Å². The van der Waals surface area contributed by atoms with E-state index in [0.29, 0.717) is 17.1 Å². The molecule has 2 aromatic rings. The molecule has 0 fully saturated rings. The molecule has 2 N–H and O–H groups in total. The van der Waals surface area contributed by atoms with Gasteiger partial charge in [-0.1, -0.05) is 12.2 Å². The Morgan fingerprint density at radius 1 is 1.53 bits per heavy atom. The fourth-order valence-corrected chi connectivity index (χ4v) is 1.65. The van der Waals surface area contributed by atoms with Gasteiger partial charge >= 0.3 is 0 Å². The van der Waals surface area contributed by atoms with E-state index in [1.807, 2.05) is 6.92 Å². The third-order valence-electron chi connectivity index (χ3n) is 2.42. The largest absolute Gasteiger partial charge is 0.393 e. The summed E-state index contributed by atoms with van der Waals surface area (Å²) in [6.07, 6.45) is 4.00. The second-order valence-corrected chi connectivity index (χ2v) is 4.03. The molecule has 8 heteroatoms. The standard InChI is InChI=1S/C9H13N7S/c1-2-15(4-3-7(10)17)9-6-11-5-8-12-13-14-16(8)9/h5-6H,2-4H2,1H3,(H2,10,17). The van der Waals surface area contributed by atoms with E-state index in [2.05, 4.69) is 25.4 Å². The van der Waals surface area contributed by atoms with Crippen LogP contribution in [-0.4, -0.2) is 43.1 Å². The zero-order valence-corrected chi connectivity index (χ0v) is 10.3. The Kier molecular flexibility index (Phi) is 3.43. The van der Waals surface area contributed by atoms with Gasteiger partial charge in [-0.15, -0.1) is 5.10 Å². The van der Waals surface area contributed by atoms with Crippen LogP contribution in [0, 0.1) is 0 Å². The van der Waals surface area contributed by atoms with Crippen molar-refractivity contribution in [3.63, 3.8) is 0 Å². The molecule has 0 atom stereocenters. The van der Waals surface area contributed by atoms with E-state index in [9.17, 15) is 0 Å². The maximum atomic E-state index is 5.51. The zero-order chi connectivity index (χ0) is 12.3. The van der Waals surface area contributed by atoms with E-state index >= 15 is 0 Å². The van der Waals surface area contributed by atoms with Crippen molar-refractivity contribution in [3.05, 3.63) is 12.4 Å². The molecule has 2 heterocycles. The number of rotatable bonds is 5. The van der Waals surface area contributed by atoms with Gasteiger partial charge in [0.15, 0.2) is 11.5 Å². The van der Waals surface area contributed by atoms with Crippen LogP contribution in [0.5, 0.6) is 0 Å². The molecule has 0 saturated carbocycles. The minimum Gasteiger partial charge on any atom is -0.393 e. The first-order chi connectivity index (χ1) is 8.22. The summed E-state index contributed by atoms with van der Waals surface area (Å²) in [5, 5.41) is 11.4. The number of anilines is 1.